The molecule has 1 aliphatic carbocycles. The van der Waals surface area contributed by atoms with Gasteiger partial charge in [0.15, 0.2) is 0 Å². The Bertz CT molecular complexity index is 2130. The van der Waals surface area contributed by atoms with Crippen molar-refractivity contribution < 1.29 is 4.74 Å². The van der Waals surface area contributed by atoms with E-state index in [9.17, 15) is 0 Å². The Kier molecular flexibility index (Phi) is 4.85. The fourth-order valence-electron chi connectivity index (χ4n) is 7.22. The van der Waals surface area contributed by atoms with E-state index in [2.05, 4.69) is 146 Å². The minimum atomic E-state index is -0.486. The predicted octanol–water partition coefficient (Wildman–Crippen LogP) is 10.0. The second-order valence-corrected chi connectivity index (χ2v) is 11.1. The Balaban J connectivity index is 1.37. The molecule has 2 heterocycles. The van der Waals surface area contributed by atoms with Gasteiger partial charge in [-0.25, -0.2) is 4.98 Å². The molecule has 42 heavy (non-hydrogen) atoms. The summed E-state index contributed by atoms with van der Waals surface area (Å²) in [4.78, 5) is 5.22. The molecule has 0 saturated heterocycles. The Labute approximate surface area is 244 Å². The third-order valence-corrected chi connectivity index (χ3v) is 8.95. The van der Waals surface area contributed by atoms with Crippen LogP contribution in [0.25, 0.3) is 44.4 Å². The van der Waals surface area contributed by atoms with Crippen LogP contribution in [0.3, 0.4) is 0 Å². The molecule has 9 rings (SSSR count). The van der Waals surface area contributed by atoms with Gasteiger partial charge in [-0.1, -0.05) is 140 Å². The molecule has 196 valence electrons. The Hall–Kier alpha value is -5.47. The number of rotatable bonds is 2. The van der Waals surface area contributed by atoms with Crippen molar-refractivity contribution in [2.24, 2.45) is 0 Å². The minimum absolute atomic E-state index is 0.486. The average Bonchev–Trinajstić information content (AvgIpc) is 3.35. The molecule has 1 spiro atoms. The van der Waals surface area contributed by atoms with Crippen LogP contribution in [0.4, 0.5) is 0 Å². The van der Waals surface area contributed by atoms with Crippen LogP contribution in [-0.2, 0) is 5.41 Å². The second kappa shape index (κ2) is 8.76. The third kappa shape index (κ3) is 3.07. The number of pyridine rings is 1. The molecule has 0 amide bonds. The van der Waals surface area contributed by atoms with Gasteiger partial charge in [-0.3, -0.25) is 0 Å². The van der Waals surface area contributed by atoms with Crippen molar-refractivity contribution in [1.29, 1.82) is 0 Å². The SMILES string of the molecule is c1ccc(-c2ccc3cccc(-c4cccc5c4Oc4ccccc4C54c5ccccc5-c5ccccc54)c3n2)cc1. The number of nitrogens with zero attached hydrogens (tertiary/aromatic N) is 1. The molecule has 6 aromatic carbocycles. The summed E-state index contributed by atoms with van der Waals surface area (Å²) < 4.78 is 6.92. The van der Waals surface area contributed by atoms with Crippen LogP contribution in [0.2, 0.25) is 0 Å². The maximum atomic E-state index is 6.92. The highest BCUT2D eigenvalue weighted by Gasteiger charge is 2.51. The summed E-state index contributed by atoms with van der Waals surface area (Å²) in [6, 6.07) is 53.9. The van der Waals surface area contributed by atoms with Crippen molar-refractivity contribution in [3.63, 3.8) is 0 Å². The quantitative estimate of drug-likeness (QED) is 0.220. The van der Waals surface area contributed by atoms with Gasteiger partial charge < -0.3 is 4.74 Å². The average molecular weight is 536 g/mol. The fraction of sp³-hybridized carbons (Fsp3) is 0.0250. The molecule has 0 saturated carbocycles. The van der Waals surface area contributed by atoms with E-state index in [1.165, 1.54) is 27.8 Å². The number of ether oxygens (including phenoxy) is 1. The first kappa shape index (κ1) is 23.3. The van der Waals surface area contributed by atoms with E-state index < -0.39 is 5.41 Å². The predicted molar refractivity (Wildman–Crippen MR) is 170 cm³/mol. The lowest BCUT2D eigenvalue weighted by atomic mass is 9.65. The molecule has 0 radical (unpaired) electrons. The van der Waals surface area contributed by atoms with Crippen LogP contribution < -0.4 is 4.74 Å². The van der Waals surface area contributed by atoms with E-state index in [4.69, 9.17) is 9.72 Å². The Morgan fingerprint density at radius 2 is 1.02 bits per heavy atom. The highest BCUT2D eigenvalue weighted by atomic mass is 16.5. The summed E-state index contributed by atoms with van der Waals surface area (Å²) in [5.74, 6) is 1.78. The molecule has 0 atom stereocenters. The van der Waals surface area contributed by atoms with Gasteiger partial charge in [0.25, 0.3) is 0 Å². The van der Waals surface area contributed by atoms with Gasteiger partial charge >= 0.3 is 0 Å². The lowest BCUT2D eigenvalue weighted by Crippen LogP contribution is -2.32. The highest BCUT2D eigenvalue weighted by Crippen LogP contribution is 2.63. The maximum Gasteiger partial charge on any atom is 0.140 e. The molecule has 0 N–H and O–H groups in total. The van der Waals surface area contributed by atoms with Crippen LogP contribution in [-0.4, -0.2) is 4.98 Å². The molecule has 2 aliphatic rings. The first-order chi connectivity index (χ1) is 20.8. The summed E-state index contributed by atoms with van der Waals surface area (Å²) in [7, 11) is 0. The first-order valence-electron chi connectivity index (χ1n) is 14.4. The zero-order chi connectivity index (χ0) is 27.7. The van der Waals surface area contributed by atoms with E-state index in [1.54, 1.807) is 0 Å². The molecule has 0 unspecified atom stereocenters. The van der Waals surface area contributed by atoms with Crippen molar-refractivity contribution in [3.05, 3.63) is 174 Å². The number of hydrogen-bond acceptors (Lipinski definition) is 2. The molecule has 2 heteroatoms. The molecule has 0 bridgehead atoms. The molecular weight excluding hydrogens is 510 g/mol. The van der Waals surface area contributed by atoms with Crippen LogP contribution >= 0.6 is 0 Å². The highest BCUT2D eigenvalue weighted by molar-refractivity contribution is 5.98. The summed E-state index contributed by atoms with van der Waals surface area (Å²) in [6.07, 6.45) is 0. The number of aromatic nitrogens is 1. The standard InChI is InChI=1S/C40H25NO/c1-2-12-26(13-3-1)36-25-24-27-14-10-17-30(38(27)41-36)31-18-11-22-35-39(31)42-37-23-9-8-21-34(37)40(35)32-19-6-4-15-28(32)29-16-5-7-20-33(29)40/h1-25H. The zero-order valence-electron chi connectivity index (χ0n) is 22.8. The smallest absolute Gasteiger partial charge is 0.140 e. The summed E-state index contributed by atoms with van der Waals surface area (Å²) in [5, 5.41) is 1.10. The van der Waals surface area contributed by atoms with E-state index in [1.807, 2.05) is 6.07 Å². The molecular formula is C40H25NO. The van der Waals surface area contributed by atoms with Gasteiger partial charge in [0, 0.05) is 33.2 Å². The largest absolute Gasteiger partial charge is 0.456 e. The molecule has 0 fully saturated rings. The van der Waals surface area contributed by atoms with Crippen molar-refractivity contribution in [1.82, 2.24) is 4.98 Å². The Morgan fingerprint density at radius 3 is 1.81 bits per heavy atom. The summed E-state index contributed by atoms with van der Waals surface area (Å²) >= 11 is 0. The van der Waals surface area contributed by atoms with Crippen LogP contribution in [0.5, 0.6) is 11.5 Å². The second-order valence-electron chi connectivity index (χ2n) is 11.1. The van der Waals surface area contributed by atoms with Gasteiger partial charge in [0.05, 0.1) is 16.6 Å². The van der Waals surface area contributed by atoms with Crippen LogP contribution in [0.15, 0.2) is 152 Å². The monoisotopic (exact) mass is 535 g/mol. The lowest BCUT2D eigenvalue weighted by Gasteiger charge is -2.40. The summed E-state index contributed by atoms with van der Waals surface area (Å²) in [5.41, 5.74) is 12.1. The van der Waals surface area contributed by atoms with E-state index >= 15 is 0 Å². The summed E-state index contributed by atoms with van der Waals surface area (Å²) in [6.45, 7) is 0. The van der Waals surface area contributed by atoms with Gasteiger partial charge in [-0.15, -0.1) is 0 Å². The van der Waals surface area contributed by atoms with Crippen LogP contribution in [0.1, 0.15) is 22.3 Å². The van der Waals surface area contributed by atoms with E-state index in [0.717, 1.165) is 50.3 Å². The molecule has 7 aromatic rings. The minimum Gasteiger partial charge on any atom is -0.456 e. The number of hydrogen-bond donors (Lipinski definition) is 0. The van der Waals surface area contributed by atoms with Gasteiger partial charge in [-0.2, -0.15) is 0 Å². The number of fused-ring (bicyclic) bond motifs is 10. The van der Waals surface area contributed by atoms with Crippen LogP contribution in [0, 0.1) is 0 Å². The van der Waals surface area contributed by atoms with Crippen molar-refractivity contribution in [3.8, 4) is 45.0 Å². The third-order valence-electron chi connectivity index (χ3n) is 8.95. The molecule has 1 aromatic heterocycles. The number of para-hydroxylation sites is 3. The lowest BCUT2D eigenvalue weighted by molar-refractivity contribution is 0.438. The molecule has 2 nitrogen and oxygen atoms in total. The Morgan fingerprint density at radius 1 is 0.429 bits per heavy atom. The zero-order valence-corrected chi connectivity index (χ0v) is 22.8. The van der Waals surface area contributed by atoms with E-state index in [0.29, 0.717) is 0 Å². The van der Waals surface area contributed by atoms with Crippen molar-refractivity contribution >= 4 is 10.9 Å². The van der Waals surface area contributed by atoms with Crippen molar-refractivity contribution in [2.45, 2.75) is 5.41 Å². The van der Waals surface area contributed by atoms with Crippen molar-refractivity contribution in [2.75, 3.05) is 0 Å². The normalized spacial score (nSPS) is 13.6. The molecule has 1 aliphatic heterocycles. The van der Waals surface area contributed by atoms with Gasteiger partial charge in [0.2, 0.25) is 0 Å². The fourth-order valence-corrected chi connectivity index (χ4v) is 7.22. The topological polar surface area (TPSA) is 22.1 Å². The number of benzene rings is 6. The van der Waals surface area contributed by atoms with Gasteiger partial charge in [0.1, 0.15) is 11.5 Å². The van der Waals surface area contributed by atoms with E-state index in [-0.39, 0.29) is 0 Å². The van der Waals surface area contributed by atoms with Gasteiger partial charge in [-0.05, 0) is 34.4 Å². The first-order valence-corrected chi connectivity index (χ1v) is 14.4. The maximum absolute atomic E-state index is 6.92.